The zero-order valence-corrected chi connectivity index (χ0v) is 25.9. The summed E-state index contributed by atoms with van der Waals surface area (Å²) in [6, 6.07) is 16.8. The Hall–Kier alpha value is -3.27. The molecule has 0 aliphatic heterocycles. The minimum absolute atomic E-state index is 0.0130. The Morgan fingerprint density at radius 3 is 2.22 bits per heavy atom. The van der Waals surface area contributed by atoms with E-state index in [1.165, 1.54) is 24.1 Å². The predicted octanol–water partition coefficient (Wildman–Crippen LogP) is 5.84. The molecule has 0 fully saturated rings. The van der Waals surface area contributed by atoms with Gasteiger partial charge >= 0.3 is 0 Å². The Kier molecular flexibility index (Phi) is 11.5. The second kappa shape index (κ2) is 14.6. The van der Waals surface area contributed by atoms with Crippen molar-refractivity contribution in [1.82, 2.24) is 10.2 Å². The molecule has 1 N–H and O–H groups in total. The van der Waals surface area contributed by atoms with Gasteiger partial charge in [-0.15, -0.1) is 0 Å². The lowest BCUT2D eigenvalue weighted by atomic mass is 10.1. The molecule has 8 nitrogen and oxygen atoms in total. The molecular formula is C30H35Cl2N3O5S. The lowest BCUT2D eigenvalue weighted by molar-refractivity contribution is -0.139. The fourth-order valence-corrected chi connectivity index (χ4v) is 5.80. The summed E-state index contributed by atoms with van der Waals surface area (Å²) < 4.78 is 34.0. The number of amides is 2. The smallest absolute Gasteiger partial charge is 0.264 e. The minimum Gasteiger partial charge on any atom is -0.497 e. The highest BCUT2D eigenvalue weighted by molar-refractivity contribution is 7.92. The number of unbranched alkanes of at least 4 members (excludes halogenated alkanes) is 1. The third kappa shape index (κ3) is 8.38. The van der Waals surface area contributed by atoms with E-state index in [0.29, 0.717) is 27.9 Å². The van der Waals surface area contributed by atoms with E-state index in [2.05, 4.69) is 5.32 Å². The van der Waals surface area contributed by atoms with Gasteiger partial charge in [-0.3, -0.25) is 13.9 Å². The molecule has 220 valence electrons. The van der Waals surface area contributed by atoms with Crippen molar-refractivity contribution in [1.29, 1.82) is 0 Å². The van der Waals surface area contributed by atoms with Crippen LogP contribution in [0.5, 0.6) is 5.75 Å². The summed E-state index contributed by atoms with van der Waals surface area (Å²) in [6.45, 7) is 5.42. The molecule has 0 radical (unpaired) electrons. The van der Waals surface area contributed by atoms with Crippen LogP contribution in [0.1, 0.15) is 37.8 Å². The summed E-state index contributed by atoms with van der Waals surface area (Å²) in [7, 11) is -2.65. The van der Waals surface area contributed by atoms with Crippen molar-refractivity contribution >= 4 is 50.7 Å². The van der Waals surface area contributed by atoms with Gasteiger partial charge < -0.3 is 15.0 Å². The highest BCUT2D eigenvalue weighted by Crippen LogP contribution is 2.28. The lowest BCUT2D eigenvalue weighted by Gasteiger charge is -2.32. The third-order valence-corrected chi connectivity index (χ3v) is 9.11. The Labute approximate surface area is 252 Å². The summed E-state index contributed by atoms with van der Waals surface area (Å²) in [6.07, 6.45) is 1.69. The molecule has 1 unspecified atom stereocenters. The number of sulfonamides is 1. The Bertz CT molecular complexity index is 1450. The van der Waals surface area contributed by atoms with Crippen molar-refractivity contribution in [2.75, 3.05) is 24.5 Å². The number of rotatable bonds is 13. The van der Waals surface area contributed by atoms with Crippen molar-refractivity contribution < 1.29 is 22.7 Å². The molecular weight excluding hydrogens is 585 g/mol. The fourth-order valence-electron chi connectivity index (χ4n) is 4.07. The SMILES string of the molecule is CCCCNC(=O)C(C)N(Cc1ccc(Cl)c(Cl)c1)C(=O)CN(c1ccc(OC)cc1)S(=O)(=O)c1ccc(C)cc1. The van der Waals surface area contributed by atoms with E-state index in [9.17, 15) is 18.0 Å². The quantitative estimate of drug-likeness (QED) is 0.243. The number of nitrogens with one attached hydrogen (secondary N) is 1. The van der Waals surface area contributed by atoms with Gasteiger partial charge in [-0.2, -0.15) is 0 Å². The monoisotopic (exact) mass is 619 g/mol. The third-order valence-electron chi connectivity index (χ3n) is 6.58. The van der Waals surface area contributed by atoms with Crippen LogP contribution in [-0.4, -0.2) is 51.4 Å². The number of ether oxygens (including phenoxy) is 1. The van der Waals surface area contributed by atoms with Gasteiger partial charge in [0, 0.05) is 13.1 Å². The first-order valence-corrected chi connectivity index (χ1v) is 15.4. The van der Waals surface area contributed by atoms with Crippen LogP contribution in [0.2, 0.25) is 10.0 Å². The van der Waals surface area contributed by atoms with E-state index in [-0.39, 0.29) is 23.0 Å². The predicted molar refractivity (Wildman–Crippen MR) is 163 cm³/mol. The highest BCUT2D eigenvalue weighted by atomic mass is 35.5. The summed E-state index contributed by atoms with van der Waals surface area (Å²) in [4.78, 5) is 28.4. The molecule has 0 saturated carbocycles. The molecule has 1 atom stereocenters. The number of benzene rings is 3. The Balaban J connectivity index is 2.02. The van der Waals surface area contributed by atoms with Crippen LogP contribution in [0, 0.1) is 6.92 Å². The molecule has 0 saturated heterocycles. The minimum atomic E-state index is -4.16. The first kappa shape index (κ1) is 32.2. The molecule has 0 aliphatic carbocycles. The van der Waals surface area contributed by atoms with E-state index in [1.54, 1.807) is 61.5 Å². The number of nitrogens with zero attached hydrogens (tertiary/aromatic N) is 2. The second-order valence-electron chi connectivity index (χ2n) is 9.61. The number of carbonyl (C=O) groups excluding carboxylic acids is 2. The number of hydrogen-bond donors (Lipinski definition) is 1. The standard InChI is InChI=1S/C30H35Cl2N3O5S/c1-5-6-17-33-30(37)22(3)34(19-23-9-16-27(31)28(32)18-23)29(36)20-35(24-10-12-25(40-4)13-11-24)41(38,39)26-14-7-21(2)8-15-26/h7-16,18,22H,5-6,17,19-20H2,1-4H3,(H,33,37). The van der Waals surface area contributed by atoms with E-state index < -0.39 is 28.5 Å². The first-order chi connectivity index (χ1) is 19.5. The summed E-state index contributed by atoms with van der Waals surface area (Å²) >= 11 is 12.3. The molecule has 41 heavy (non-hydrogen) atoms. The molecule has 3 aromatic rings. The van der Waals surface area contributed by atoms with Gasteiger partial charge in [-0.25, -0.2) is 8.42 Å². The normalized spacial score (nSPS) is 12.0. The van der Waals surface area contributed by atoms with Crippen LogP contribution in [-0.2, 0) is 26.2 Å². The number of halogens is 2. The molecule has 2 amide bonds. The largest absolute Gasteiger partial charge is 0.497 e. The maximum Gasteiger partial charge on any atom is 0.264 e. The second-order valence-corrected chi connectivity index (χ2v) is 12.3. The van der Waals surface area contributed by atoms with Crippen molar-refractivity contribution in [3.05, 3.63) is 87.9 Å². The van der Waals surface area contributed by atoms with Crippen LogP contribution in [0.3, 0.4) is 0 Å². The van der Waals surface area contributed by atoms with Crippen molar-refractivity contribution in [3.8, 4) is 5.75 Å². The molecule has 3 aromatic carbocycles. The number of hydrogen-bond acceptors (Lipinski definition) is 5. The topological polar surface area (TPSA) is 96.0 Å². The van der Waals surface area contributed by atoms with Crippen molar-refractivity contribution in [2.24, 2.45) is 0 Å². The first-order valence-electron chi connectivity index (χ1n) is 13.2. The average molecular weight is 621 g/mol. The van der Waals surface area contributed by atoms with Gasteiger partial charge in [0.25, 0.3) is 10.0 Å². The molecule has 0 aliphatic rings. The van der Waals surface area contributed by atoms with Crippen molar-refractivity contribution in [2.45, 2.75) is 51.1 Å². The van der Waals surface area contributed by atoms with Crippen molar-refractivity contribution in [3.63, 3.8) is 0 Å². The summed E-state index contributed by atoms with van der Waals surface area (Å²) in [5.41, 5.74) is 1.80. The molecule has 3 rings (SSSR count). The van der Waals surface area contributed by atoms with E-state index >= 15 is 0 Å². The van der Waals surface area contributed by atoms with Gasteiger partial charge in [0.2, 0.25) is 11.8 Å². The van der Waals surface area contributed by atoms with Crippen LogP contribution < -0.4 is 14.4 Å². The molecule has 11 heteroatoms. The fraction of sp³-hybridized carbons (Fsp3) is 0.333. The maximum absolute atomic E-state index is 14.0. The van der Waals surface area contributed by atoms with Crippen LogP contribution in [0.25, 0.3) is 0 Å². The molecule has 0 spiro atoms. The zero-order valence-electron chi connectivity index (χ0n) is 23.6. The summed E-state index contributed by atoms with van der Waals surface area (Å²) in [5, 5.41) is 3.52. The summed E-state index contributed by atoms with van der Waals surface area (Å²) in [5.74, 6) is -0.378. The van der Waals surface area contributed by atoms with Crippen LogP contribution >= 0.6 is 23.2 Å². The maximum atomic E-state index is 14.0. The van der Waals surface area contributed by atoms with Gasteiger partial charge in [0.1, 0.15) is 18.3 Å². The van der Waals surface area contributed by atoms with Gasteiger partial charge in [0.15, 0.2) is 0 Å². The van der Waals surface area contributed by atoms with Crippen LogP contribution in [0.4, 0.5) is 5.69 Å². The molecule has 0 heterocycles. The Morgan fingerprint density at radius 2 is 1.63 bits per heavy atom. The number of carbonyl (C=O) groups is 2. The number of anilines is 1. The Morgan fingerprint density at radius 1 is 0.976 bits per heavy atom. The number of aryl methyl sites for hydroxylation is 1. The van der Waals surface area contributed by atoms with Gasteiger partial charge in [0.05, 0.1) is 27.7 Å². The lowest BCUT2D eigenvalue weighted by Crippen LogP contribution is -2.51. The van der Waals surface area contributed by atoms with Gasteiger partial charge in [-0.05, 0) is 74.4 Å². The molecule has 0 bridgehead atoms. The van der Waals surface area contributed by atoms with Gasteiger partial charge in [-0.1, -0.05) is 60.3 Å². The van der Waals surface area contributed by atoms with E-state index in [0.717, 1.165) is 22.7 Å². The van der Waals surface area contributed by atoms with E-state index in [4.69, 9.17) is 27.9 Å². The number of methoxy groups -OCH3 is 1. The van der Waals surface area contributed by atoms with E-state index in [1.807, 2.05) is 13.8 Å². The van der Waals surface area contributed by atoms with Crippen LogP contribution in [0.15, 0.2) is 71.6 Å². The molecule has 0 aromatic heterocycles. The highest BCUT2D eigenvalue weighted by Gasteiger charge is 2.32. The average Bonchev–Trinajstić information content (AvgIpc) is 2.96. The zero-order chi connectivity index (χ0) is 30.2.